The van der Waals surface area contributed by atoms with Gasteiger partial charge in [0.25, 0.3) is 0 Å². The predicted octanol–water partition coefficient (Wildman–Crippen LogP) is 4.61. The number of ketones is 1. The number of carbonyl (C=O) groups excluding carboxylic acids is 1. The highest BCUT2D eigenvalue weighted by Crippen LogP contribution is 2.32. The quantitative estimate of drug-likeness (QED) is 0.754. The van der Waals surface area contributed by atoms with Crippen LogP contribution in [0.5, 0.6) is 0 Å². The van der Waals surface area contributed by atoms with Gasteiger partial charge >= 0.3 is 0 Å². The number of nitrogens with zero attached hydrogens (tertiary/aromatic N) is 1. The first-order valence-electron chi connectivity index (χ1n) is 7.66. The molecule has 2 rings (SSSR count). The third-order valence-corrected chi connectivity index (χ3v) is 5.52. The summed E-state index contributed by atoms with van der Waals surface area (Å²) in [5, 5.41) is 3.11. The number of hydrogen-bond donors (Lipinski definition) is 0. The van der Waals surface area contributed by atoms with E-state index in [1.54, 1.807) is 11.3 Å². The van der Waals surface area contributed by atoms with Gasteiger partial charge in [0.2, 0.25) is 0 Å². The van der Waals surface area contributed by atoms with Crippen molar-refractivity contribution in [2.75, 3.05) is 0 Å². The van der Waals surface area contributed by atoms with E-state index in [0.29, 0.717) is 0 Å². The summed E-state index contributed by atoms with van der Waals surface area (Å²) in [6, 6.07) is 0. The standard InChI is InChI=1S/C17H25NO2SSi/c1-11-7-8-15(17(16(11)19)20-22(4,5)6)12(2)9-14-10-21-13(3)18-14/h7,9-10,15,17H,8H2,1-6H3/b12-9+/t15-,17?/m0/s1. The van der Waals surface area contributed by atoms with Crippen LogP contribution in [0.25, 0.3) is 6.08 Å². The fourth-order valence-electron chi connectivity index (χ4n) is 2.66. The molecule has 0 amide bonds. The lowest BCUT2D eigenvalue weighted by atomic mass is 9.82. The Hall–Kier alpha value is -1.04. The van der Waals surface area contributed by atoms with Crippen molar-refractivity contribution in [1.82, 2.24) is 4.98 Å². The molecule has 0 aromatic carbocycles. The van der Waals surface area contributed by atoms with Gasteiger partial charge in [0.15, 0.2) is 14.1 Å². The second kappa shape index (κ2) is 6.60. The van der Waals surface area contributed by atoms with Crippen LogP contribution in [0.4, 0.5) is 0 Å². The highest BCUT2D eigenvalue weighted by atomic mass is 32.1. The third kappa shape index (κ3) is 4.24. The van der Waals surface area contributed by atoms with Gasteiger partial charge in [-0.15, -0.1) is 11.3 Å². The molecule has 1 aromatic heterocycles. The Balaban J connectivity index is 2.29. The lowest BCUT2D eigenvalue weighted by Crippen LogP contribution is -2.43. The zero-order valence-electron chi connectivity index (χ0n) is 14.3. The first-order chi connectivity index (χ1) is 10.2. The van der Waals surface area contributed by atoms with E-state index >= 15 is 0 Å². The van der Waals surface area contributed by atoms with Crippen molar-refractivity contribution in [3.05, 3.63) is 33.3 Å². The fraction of sp³-hybridized carbons (Fsp3) is 0.529. The molecule has 0 aliphatic heterocycles. The number of allylic oxidation sites excluding steroid dienone is 1. The summed E-state index contributed by atoms with van der Waals surface area (Å²) in [5.74, 6) is 0.255. The Bertz CT molecular complexity index is 625. The molecule has 1 aliphatic carbocycles. The van der Waals surface area contributed by atoms with Crippen LogP contribution < -0.4 is 0 Å². The topological polar surface area (TPSA) is 39.2 Å². The normalized spacial score (nSPS) is 23.6. The summed E-state index contributed by atoms with van der Waals surface area (Å²) < 4.78 is 6.23. The lowest BCUT2D eigenvalue weighted by Gasteiger charge is -2.34. The van der Waals surface area contributed by atoms with Gasteiger partial charge in [0, 0.05) is 11.3 Å². The summed E-state index contributed by atoms with van der Waals surface area (Å²) in [4.78, 5) is 17.1. The lowest BCUT2D eigenvalue weighted by molar-refractivity contribution is -0.124. The SMILES string of the molecule is CC1=CC[C@@H](/C(C)=C/c2csc(C)n2)C(O[Si](C)(C)C)C1=O. The molecule has 0 spiro atoms. The fourth-order valence-corrected chi connectivity index (χ4v) is 4.27. The molecule has 1 aliphatic rings. The van der Waals surface area contributed by atoms with Crippen molar-refractivity contribution in [2.24, 2.45) is 5.92 Å². The van der Waals surface area contributed by atoms with E-state index in [1.807, 2.05) is 19.9 Å². The molecule has 0 fully saturated rings. The van der Waals surface area contributed by atoms with E-state index in [1.165, 1.54) is 5.57 Å². The smallest absolute Gasteiger partial charge is 0.186 e. The maximum atomic E-state index is 12.6. The predicted molar refractivity (Wildman–Crippen MR) is 95.6 cm³/mol. The van der Waals surface area contributed by atoms with Gasteiger partial charge in [-0.3, -0.25) is 4.79 Å². The molecular weight excluding hydrogens is 310 g/mol. The van der Waals surface area contributed by atoms with Gasteiger partial charge < -0.3 is 4.43 Å². The van der Waals surface area contributed by atoms with E-state index in [0.717, 1.165) is 22.7 Å². The molecule has 1 unspecified atom stereocenters. The number of carbonyl (C=O) groups is 1. The van der Waals surface area contributed by atoms with Crippen LogP contribution in [0.1, 0.15) is 31.0 Å². The number of hydrogen-bond acceptors (Lipinski definition) is 4. The molecule has 1 aromatic rings. The van der Waals surface area contributed by atoms with Crippen molar-refractivity contribution in [3.8, 4) is 0 Å². The van der Waals surface area contributed by atoms with Crippen LogP contribution >= 0.6 is 11.3 Å². The maximum absolute atomic E-state index is 12.6. The van der Waals surface area contributed by atoms with Crippen molar-refractivity contribution >= 4 is 31.5 Å². The molecule has 120 valence electrons. The summed E-state index contributed by atoms with van der Waals surface area (Å²) in [6.45, 7) is 12.4. The second-order valence-corrected chi connectivity index (χ2v) is 12.4. The Morgan fingerprint density at radius 2 is 2.09 bits per heavy atom. The van der Waals surface area contributed by atoms with Crippen molar-refractivity contribution in [2.45, 2.75) is 52.9 Å². The minimum absolute atomic E-state index is 0.116. The van der Waals surface area contributed by atoms with E-state index in [9.17, 15) is 4.79 Å². The van der Waals surface area contributed by atoms with Crippen LogP contribution in [0.15, 0.2) is 22.6 Å². The highest BCUT2D eigenvalue weighted by molar-refractivity contribution is 7.09. The second-order valence-electron chi connectivity index (χ2n) is 6.92. The number of aromatic nitrogens is 1. The summed E-state index contributed by atoms with van der Waals surface area (Å²) in [5.41, 5.74) is 2.98. The van der Waals surface area contributed by atoms with Crippen LogP contribution in [0.3, 0.4) is 0 Å². The van der Waals surface area contributed by atoms with Crippen LogP contribution in [0, 0.1) is 12.8 Å². The first-order valence-corrected chi connectivity index (χ1v) is 12.0. The van der Waals surface area contributed by atoms with Crippen molar-refractivity contribution < 1.29 is 9.22 Å². The zero-order valence-corrected chi connectivity index (χ0v) is 16.1. The Morgan fingerprint density at radius 1 is 1.41 bits per heavy atom. The van der Waals surface area contributed by atoms with E-state index in [-0.39, 0.29) is 17.8 Å². The highest BCUT2D eigenvalue weighted by Gasteiger charge is 2.36. The molecule has 1 heterocycles. The monoisotopic (exact) mass is 335 g/mol. The molecule has 0 saturated carbocycles. The van der Waals surface area contributed by atoms with Crippen LogP contribution in [0.2, 0.25) is 19.6 Å². The minimum Gasteiger partial charge on any atom is -0.407 e. The van der Waals surface area contributed by atoms with E-state index in [2.05, 4.69) is 43.0 Å². The van der Waals surface area contributed by atoms with E-state index < -0.39 is 8.32 Å². The number of Topliss-reactive ketones (excluding diaryl/α,β-unsaturated/α-hetero) is 1. The zero-order chi connectivity index (χ0) is 16.5. The average Bonchev–Trinajstić information content (AvgIpc) is 2.79. The molecule has 0 saturated heterocycles. The molecule has 0 radical (unpaired) electrons. The third-order valence-electron chi connectivity index (χ3n) is 3.77. The van der Waals surface area contributed by atoms with Crippen LogP contribution in [-0.4, -0.2) is 25.2 Å². The van der Waals surface area contributed by atoms with Crippen molar-refractivity contribution in [3.63, 3.8) is 0 Å². The van der Waals surface area contributed by atoms with Gasteiger partial charge in [-0.1, -0.05) is 11.6 Å². The Labute approximate surface area is 138 Å². The van der Waals surface area contributed by atoms with Gasteiger partial charge in [-0.25, -0.2) is 4.98 Å². The first kappa shape index (κ1) is 17.3. The van der Waals surface area contributed by atoms with Gasteiger partial charge in [0.05, 0.1) is 10.7 Å². The Kier molecular flexibility index (Phi) is 5.20. The molecule has 2 atom stereocenters. The van der Waals surface area contributed by atoms with Crippen LogP contribution in [-0.2, 0) is 9.22 Å². The van der Waals surface area contributed by atoms with Gasteiger partial charge in [0.1, 0.15) is 6.10 Å². The van der Waals surface area contributed by atoms with Gasteiger partial charge in [-0.2, -0.15) is 0 Å². The number of rotatable bonds is 4. The maximum Gasteiger partial charge on any atom is 0.186 e. The van der Waals surface area contributed by atoms with Crippen molar-refractivity contribution in [1.29, 1.82) is 0 Å². The molecule has 3 nitrogen and oxygen atoms in total. The molecule has 0 N–H and O–H groups in total. The number of aryl methyl sites for hydroxylation is 1. The largest absolute Gasteiger partial charge is 0.407 e. The average molecular weight is 336 g/mol. The van der Waals surface area contributed by atoms with E-state index in [4.69, 9.17) is 4.43 Å². The van der Waals surface area contributed by atoms with Gasteiger partial charge in [-0.05, 0) is 58.5 Å². The minimum atomic E-state index is -1.78. The summed E-state index contributed by atoms with van der Waals surface area (Å²) in [7, 11) is -1.78. The molecule has 22 heavy (non-hydrogen) atoms. The Morgan fingerprint density at radius 3 is 2.64 bits per heavy atom. The summed E-state index contributed by atoms with van der Waals surface area (Å²) in [6.07, 6.45) is 4.66. The number of thiazole rings is 1. The summed E-state index contributed by atoms with van der Waals surface area (Å²) >= 11 is 1.65. The molecule has 5 heteroatoms. The molecule has 0 bridgehead atoms. The molecular formula is C17H25NO2SSi.